The highest BCUT2D eigenvalue weighted by molar-refractivity contribution is 7.13. The van der Waals surface area contributed by atoms with Crippen molar-refractivity contribution in [2.24, 2.45) is 0 Å². The van der Waals surface area contributed by atoms with E-state index in [4.69, 9.17) is 0 Å². The van der Waals surface area contributed by atoms with Crippen LogP contribution in [0.25, 0.3) is 10.6 Å². The van der Waals surface area contributed by atoms with Crippen molar-refractivity contribution in [2.45, 2.75) is 64.8 Å². The zero-order chi connectivity index (χ0) is 31.7. The lowest BCUT2D eigenvalue weighted by molar-refractivity contribution is -0.123. The van der Waals surface area contributed by atoms with Gasteiger partial charge in [-0.15, -0.1) is 11.3 Å². The maximum Gasteiger partial charge on any atom is 0.253 e. The molecule has 0 aliphatic rings. The molecule has 0 spiro atoms. The van der Waals surface area contributed by atoms with Gasteiger partial charge in [-0.2, -0.15) is 0 Å². The highest BCUT2D eigenvalue weighted by atomic mass is 32.1. The average Bonchev–Trinajstić information content (AvgIpc) is 3.49. The number of aliphatic hydroxyl groups excluding tert-OH is 1. The first-order chi connectivity index (χ1) is 20.4. The van der Waals surface area contributed by atoms with E-state index in [0.29, 0.717) is 22.7 Å². The minimum Gasteiger partial charge on any atom is -0.390 e. The van der Waals surface area contributed by atoms with Crippen LogP contribution in [0.4, 0.5) is 8.78 Å². The summed E-state index contributed by atoms with van der Waals surface area (Å²) in [6, 6.07) is 6.03. The number of hydrogen-bond donors (Lipinski definition) is 4. The molecule has 3 rings (SSSR count). The van der Waals surface area contributed by atoms with E-state index in [2.05, 4.69) is 20.9 Å². The molecule has 1 aromatic heterocycles. The Morgan fingerprint density at radius 2 is 1.67 bits per heavy atom. The predicted molar refractivity (Wildman–Crippen MR) is 163 cm³/mol. The molecule has 3 amide bonds. The monoisotopic (exact) mass is 615 g/mol. The van der Waals surface area contributed by atoms with Gasteiger partial charge < -0.3 is 26.0 Å². The third-order valence-corrected chi connectivity index (χ3v) is 7.47. The number of benzene rings is 2. The van der Waals surface area contributed by atoms with Gasteiger partial charge >= 0.3 is 0 Å². The SMILES string of the molecule is CCCN(C)C(=O)c1cc(C(=O)N[C@@H](Cc2cc(F)cc(F)c2)[C@H](O)CNC(C)C(=O)NC(C)C)cc(-c2nccs2)c1. The van der Waals surface area contributed by atoms with Crippen molar-refractivity contribution in [3.63, 3.8) is 0 Å². The van der Waals surface area contributed by atoms with Gasteiger partial charge in [-0.3, -0.25) is 14.4 Å². The van der Waals surface area contributed by atoms with Crippen molar-refractivity contribution in [3.05, 3.63) is 76.3 Å². The molecule has 3 atom stereocenters. The van der Waals surface area contributed by atoms with Crippen molar-refractivity contribution >= 4 is 29.1 Å². The van der Waals surface area contributed by atoms with Gasteiger partial charge in [-0.05, 0) is 69.5 Å². The fourth-order valence-electron chi connectivity index (χ4n) is 4.49. The summed E-state index contributed by atoms with van der Waals surface area (Å²) < 4.78 is 28.0. The Morgan fingerprint density at radius 3 is 2.28 bits per heavy atom. The third-order valence-electron chi connectivity index (χ3n) is 6.64. The molecule has 43 heavy (non-hydrogen) atoms. The summed E-state index contributed by atoms with van der Waals surface area (Å²) in [7, 11) is 1.68. The molecule has 1 heterocycles. The minimum absolute atomic E-state index is 0.0738. The number of halogens is 2. The normalized spacial score (nSPS) is 13.3. The van der Waals surface area contributed by atoms with Crippen LogP contribution in [-0.2, 0) is 11.2 Å². The van der Waals surface area contributed by atoms with E-state index in [1.165, 1.54) is 17.4 Å². The molecule has 0 saturated carbocycles. The number of aromatic nitrogens is 1. The second-order valence-electron chi connectivity index (χ2n) is 10.8. The second-order valence-corrected chi connectivity index (χ2v) is 11.7. The van der Waals surface area contributed by atoms with Gasteiger partial charge in [0.2, 0.25) is 5.91 Å². The summed E-state index contributed by atoms with van der Waals surface area (Å²) in [5.74, 6) is -2.71. The number of rotatable bonds is 14. The van der Waals surface area contributed by atoms with Crippen molar-refractivity contribution in [3.8, 4) is 10.6 Å². The number of amides is 3. The molecule has 0 aliphatic heterocycles. The van der Waals surface area contributed by atoms with Gasteiger partial charge in [0, 0.05) is 60.5 Å². The van der Waals surface area contributed by atoms with Crippen LogP contribution < -0.4 is 16.0 Å². The number of nitrogens with one attached hydrogen (secondary N) is 3. The number of carbonyl (C=O) groups is 3. The van der Waals surface area contributed by atoms with Crippen LogP contribution >= 0.6 is 11.3 Å². The van der Waals surface area contributed by atoms with E-state index in [1.54, 1.807) is 42.6 Å². The topological polar surface area (TPSA) is 124 Å². The van der Waals surface area contributed by atoms with Crippen LogP contribution in [0.1, 0.15) is 60.4 Å². The number of carbonyl (C=O) groups excluding carboxylic acids is 3. The van der Waals surface area contributed by atoms with Crippen LogP contribution in [0.15, 0.2) is 48.0 Å². The largest absolute Gasteiger partial charge is 0.390 e. The van der Waals surface area contributed by atoms with Crippen LogP contribution in [0.2, 0.25) is 0 Å². The van der Waals surface area contributed by atoms with Crippen molar-refractivity contribution in [1.29, 1.82) is 0 Å². The van der Waals surface area contributed by atoms with Gasteiger partial charge in [0.25, 0.3) is 11.8 Å². The first-order valence-corrected chi connectivity index (χ1v) is 15.0. The zero-order valence-electron chi connectivity index (χ0n) is 25.0. The number of thiazole rings is 1. The van der Waals surface area contributed by atoms with Crippen LogP contribution in [0, 0.1) is 11.6 Å². The Kier molecular flexibility index (Phi) is 12.3. The Morgan fingerprint density at radius 1 is 1.00 bits per heavy atom. The first kappa shape index (κ1) is 33.8. The molecule has 0 saturated heterocycles. The molecule has 232 valence electrons. The quantitative estimate of drug-likeness (QED) is 0.219. The number of nitrogens with zero attached hydrogens (tertiary/aromatic N) is 2. The number of hydrogen-bond acceptors (Lipinski definition) is 7. The summed E-state index contributed by atoms with van der Waals surface area (Å²) in [4.78, 5) is 45.0. The molecular formula is C31H39F2N5O4S. The Bertz CT molecular complexity index is 1380. The molecule has 12 heteroatoms. The molecule has 0 radical (unpaired) electrons. The van der Waals surface area contributed by atoms with E-state index in [0.717, 1.165) is 24.6 Å². The van der Waals surface area contributed by atoms with Gasteiger partial charge in [0.05, 0.1) is 18.2 Å². The Balaban J connectivity index is 1.91. The van der Waals surface area contributed by atoms with Gasteiger partial charge in [0.1, 0.15) is 16.6 Å². The highest BCUT2D eigenvalue weighted by Gasteiger charge is 2.26. The van der Waals surface area contributed by atoms with E-state index >= 15 is 0 Å². The lowest BCUT2D eigenvalue weighted by Gasteiger charge is -2.26. The minimum atomic E-state index is -1.25. The van der Waals surface area contributed by atoms with Gasteiger partial charge in [0.15, 0.2) is 0 Å². The van der Waals surface area contributed by atoms with E-state index < -0.39 is 35.7 Å². The lowest BCUT2D eigenvalue weighted by Crippen LogP contribution is -2.52. The molecule has 1 unspecified atom stereocenters. The number of aliphatic hydroxyl groups is 1. The summed E-state index contributed by atoms with van der Waals surface area (Å²) >= 11 is 1.35. The van der Waals surface area contributed by atoms with Crippen LogP contribution in [-0.4, -0.2) is 77.1 Å². The van der Waals surface area contributed by atoms with E-state index in [-0.39, 0.29) is 41.9 Å². The fraction of sp³-hybridized carbons (Fsp3) is 0.419. The molecule has 0 fully saturated rings. The second kappa shape index (κ2) is 15.6. The molecule has 9 nitrogen and oxygen atoms in total. The molecular weight excluding hydrogens is 576 g/mol. The predicted octanol–water partition coefficient (Wildman–Crippen LogP) is 3.78. The maximum absolute atomic E-state index is 14.0. The molecule has 4 N–H and O–H groups in total. The van der Waals surface area contributed by atoms with Crippen molar-refractivity contribution < 1.29 is 28.3 Å². The van der Waals surface area contributed by atoms with E-state index in [1.807, 2.05) is 20.8 Å². The standard InChI is InChI=1S/C31H39F2N5O4S/c1-6-8-38(5)31(42)23-14-21(13-22(15-23)30-34-7-9-43-30)29(41)37-26(12-20-10-24(32)16-25(33)11-20)27(39)17-35-19(4)28(40)36-18(2)3/h7,9-11,13-16,18-19,26-27,35,39H,6,8,12,17H2,1-5H3,(H,36,40)(H,37,41)/t19?,26-,27+/m0/s1. The summed E-state index contributed by atoms with van der Waals surface area (Å²) in [6.07, 6.45) is 1.03. The summed E-state index contributed by atoms with van der Waals surface area (Å²) in [5, 5.41) is 22.0. The molecule has 0 aliphatic carbocycles. The lowest BCUT2D eigenvalue weighted by atomic mass is 9.99. The molecule has 2 aromatic carbocycles. The first-order valence-electron chi connectivity index (χ1n) is 14.2. The zero-order valence-corrected chi connectivity index (χ0v) is 25.8. The van der Waals surface area contributed by atoms with Crippen molar-refractivity contribution in [2.75, 3.05) is 20.1 Å². The summed E-state index contributed by atoms with van der Waals surface area (Å²) in [5.41, 5.74) is 1.25. The van der Waals surface area contributed by atoms with Crippen molar-refractivity contribution in [1.82, 2.24) is 25.8 Å². The Hall–Kier alpha value is -3.74. The third kappa shape index (κ3) is 9.91. The van der Waals surface area contributed by atoms with Gasteiger partial charge in [-0.1, -0.05) is 6.92 Å². The fourth-order valence-corrected chi connectivity index (χ4v) is 5.11. The van der Waals surface area contributed by atoms with Crippen LogP contribution in [0.3, 0.4) is 0 Å². The average molecular weight is 616 g/mol. The Labute approximate surface area is 254 Å². The summed E-state index contributed by atoms with van der Waals surface area (Å²) in [6.45, 7) is 7.68. The molecule has 0 bridgehead atoms. The smallest absolute Gasteiger partial charge is 0.253 e. The van der Waals surface area contributed by atoms with E-state index in [9.17, 15) is 28.3 Å². The highest BCUT2D eigenvalue weighted by Crippen LogP contribution is 2.25. The van der Waals surface area contributed by atoms with Gasteiger partial charge in [-0.25, -0.2) is 13.8 Å². The molecule has 3 aromatic rings. The van der Waals surface area contributed by atoms with Crippen LogP contribution in [0.5, 0.6) is 0 Å². The maximum atomic E-state index is 14.0.